The first-order valence-corrected chi connectivity index (χ1v) is 7.66. The lowest BCUT2D eigenvalue weighted by atomic mass is 9.65. The zero-order chi connectivity index (χ0) is 15.9. The van der Waals surface area contributed by atoms with E-state index >= 15 is 0 Å². The van der Waals surface area contributed by atoms with Crippen LogP contribution in [0.25, 0.3) is 0 Å². The predicted octanol–water partition coefficient (Wildman–Crippen LogP) is 3.20. The maximum absolute atomic E-state index is 13.2. The summed E-state index contributed by atoms with van der Waals surface area (Å²) in [4.78, 5) is 12.3. The summed E-state index contributed by atoms with van der Waals surface area (Å²) in [6.07, 6.45) is 4.61. The van der Waals surface area contributed by atoms with Crippen LogP contribution < -0.4 is 11.1 Å². The highest BCUT2D eigenvalue weighted by Gasteiger charge is 2.40. The van der Waals surface area contributed by atoms with Gasteiger partial charge in [-0.3, -0.25) is 4.79 Å². The van der Waals surface area contributed by atoms with Gasteiger partial charge in [-0.1, -0.05) is 6.42 Å². The lowest BCUT2D eigenvalue weighted by Crippen LogP contribution is -2.48. The third kappa shape index (κ3) is 2.84. The van der Waals surface area contributed by atoms with E-state index in [4.69, 9.17) is 5.73 Å². The van der Waals surface area contributed by atoms with Crippen molar-refractivity contribution in [2.24, 2.45) is 23.5 Å². The van der Waals surface area contributed by atoms with Gasteiger partial charge >= 0.3 is 0 Å². The van der Waals surface area contributed by atoms with Crippen LogP contribution >= 0.6 is 0 Å². The Morgan fingerprint density at radius 2 is 1.64 bits per heavy atom. The van der Waals surface area contributed by atoms with Gasteiger partial charge in [0, 0.05) is 29.8 Å². The van der Waals surface area contributed by atoms with Crippen LogP contribution in [0, 0.1) is 35.2 Å². The number of amides is 1. The maximum atomic E-state index is 13.2. The fourth-order valence-corrected chi connectivity index (χ4v) is 3.88. The lowest BCUT2D eigenvalue weighted by Gasteiger charge is -2.43. The number of nitrogens with one attached hydrogen (secondary N) is 1. The normalized spacial score (nSPS) is 30.9. The van der Waals surface area contributed by atoms with Gasteiger partial charge in [-0.2, -0.15) is 0 Å². The summed E-state index contributed by atoms with van der Waals surface area (Å²) in [6.45, 7) is 0. The molecule has 2 bridgehead atoms. The second-order valence-corrected chi connectivity index (χ2v) is 6.44. The van der Waals surface area contributed by atoms with E-state index in [0.717, 1.165) is 31.4 Å². The summed E-state index contributed by atoms with van der Waals surface area (Å²) < 4.78 is 39.3. The van der Waals surface area contributed by atoms with Crippen LogP contribution in [0.5, 0.6) is 0 Å². The van der Waals surface area contributed by atoms with E-state index in [9.17, 15) is 18.0 Å². The van der Waals surface area contributed by atoms with Crippen LogP contribution in [-0.4, -0.2) is 11.9 Å². The van der Waals surface area contributed by atoms with Crippen molar-refractivity contribution in [1.29, 1.82) is 0 Å². The van der Waals surface area contributed by atoms with Gasteiger partial charge < -0.3 is 11.1 Å². The zero-order valence-corrected chi connectivity index (χ0v) is 12.1. The summed E-state index contributed by atoms with van der Waals surface area (Å²) in [7, 11) is 0. The number of anilines is 1. The molecule has 0 aliphatic heterocycles. The Kier molecular flexibility index (Phi) is 4.12. The third-order valence-corrected chi connectivity index (χ3v) is 5.04. The van der Waals surface area contributed by atoms with Crippen molar-refractivity contribution < 1.29 is 18.0 Å². The van der Waals surface area contributed by atoms with Crippen LogP contribution in [0.2, 0.25) is 0 Å². The predicted molar refractivity (Wildman–Crippen MR) is 76.5 cm³/mol. The largest absolute Gasteiger partial charge is 0.327 e. The van der Waals surface area contributed by atoms with E-state index < -0.39 is 17.5 Å². The highest BCUT2D eigenvalue weighted by atomic mass is 19.2. The molecule has 1 aromatic rings. The van der Waals surface area contributed by atoms with Crippen molar-refractivity contribution in [3.05, 3.63) is 29.6 Å². The van der Waals surface area contributed by atoms with Crippen LogP contribution in [-0.2, 0) is 4.79 Å². The van der Waals surface area contributed by atoms with Crippen molar-refractivity contribution in [2.45, 2.75) is 38.1 Å². The molecule has 3 rings (SSSR count). The number of carbonyl (C=O) groups is 1. The van der Waals surface area contributed by atoms with Gasteiger partial charge in [0.25, 0.3) is 0 Å². The quantitative estimate of drug-likeness (QED) is 0.824. The number of carbonyl (C=O) groups excluding carboxylic acids is 1. The summed E-state index contributed by atoms with van der Waals surface area (Å²) in [5, 5.41) is 2.50. The Bertz CT molecular complexity index is 556. The van der Waals surface area contributed by atoms with E-state index in [-0.39, 0.29) is 23.6 Å². The number of benzene rings is 1. The van der Waals surface area contributed by atoms with Gasteiger partial charge in [-0.15, -0.1) is 0 Å². The highest BCUT2D eigenvalue weighted by molar-refractivity contribution is 5.92. The van der Waals surface area contributed by atoms with Crippen molar-refractivity contribution in [2.75, 3.05) is 5.32 Å². The summed E-state index contributed by atoms with van der Waals surface area (Å²) in [5.74, 6) is -3.94. The fourth-order valence-electron chi connectivity index (χ4n) is 3.88. The molecule has 2 aliphatic rings. The summed E-state index contributed by atoms with van der Waals surface area (Å²) in [5.41, 5.74) is 6.13. The number of hydrogen-bond donors (Lipinski definition) is 2. The van der Waals surface area contributed by atoms with E-state index in [2.05, 4.69) is 5.32 Å². The molecule has 0 aromatic heterocycles. The van der Waals surface area contributed by atoms with Crippen LogP contribution in [0.3, 0.4) is 0 Å². The van der Waals surface area contributed by atoms with Crippen molar-refractivity contribution in [3.63, 3.8) is 0 Å². The smallest absolute Gasteiger partial charge is 0.227 e. The first-order valence-electron chi connectivity index (χ1n) is 7.66. The molecular formula is C16H19F3N2O. The molecule has 1 aromatic carbocycles. The number of nitrogens with two attached hydrogens (primary N) is 1. The monoisotopic (exact) mass is 312 g/mol. The molecule has 6 heteroatoms. The molecule has 1 amide bonds. The molecule has 0 radical (unpaired) electrons. The zero-order valence-electron chi connectivity index (χ0n) is 12.1. The minimum absolute atomic E-state index is 0.0542. The number of rotatable bonds is 2. The minimum atomic E-state index is -1.53. The molecule has 2 fully saturated rings. The molecule has 22 heavy (non-hydrogen) atoms. The molecule has 3 N–H and O–H groups in total. The number of hydrogen-bond acceptors (Lipinski definition) is 2. The van der Waals surface area contributed by atoms with Gasteiger partial charge in [-0.25, -0.2) is 13.2 Å². The minimum Gasteiger partial charge on any atom is -0.327 e. The van der Waals surface area contributed by atoms with Crippen LogP contribution in [0.15, 0.2) is 12.1 Å². The van der Waals surface area contributed by atoms with Gasteiger partial charge in [-0.05, 0) is 37.5 Å². The molecule has 2 saturated carbocycles. The Labute approximate surface area is 127 Å². The van der Waals surface area contributed by atoms with Crippen LogP contribution in [0.4, 0.5) is 18.9 Å². The van der Waals surface area contributed by atoms with E-state index in [1.54, 1.807) is 0 Å². The average Bonchev–Trinajstić information content (AvgIpc) is 2.44. The first kappa shape index (κ1) is 15.3. The van der Waals surface area contributed by atoms with E-state index in [0.29, 0.717) is 24.7 Å². The number of fused-ring (bicyclic) bond motifs is 2. The maximum Gasteiger partial charge on any atom is 0.227 e. The van der Waals surface area contributed by atoms with Crippen molar-refractivity contribution >= 4 is 11.6 Å². The summed E-state index contributed by atoms with van der Waals surface area (Å²) in [6, 6.07) is 1.75. The van der Waals surface area contributed by atoms with E-state index in [1.165, 1.54) is 0 Å². The third-order valence-electron chi connectivity index (χ3n) is 5.04. The topological polar surface area (TPSA) is 55.1 Å². The Morgan fingerprint density at radius 1 is 1.09 bits per heavy atom. The molecule has 2 unspecified atom stereocenters. The van der Waals surface area contributed by atoms with Crippen molar-refractivity contribution in [1.82, 2.24) is 0 Å². The average molecular weight is 312 g/mol. The van der Waals surface area contributed by atoms with Crippen LogP contribution in [0.1, 0.15) is 32.1 Å². The second-order valence-electron chi connectivity index (χ2n) is 6.44. The SMILES string of the molecule is NC1C2CCCC1CC(C(=O)Nc1cc(F)c(F)c(F)c1)C2. The Morgan fingerprint density at radius 3 is 2.18 bits per heavy atom. The van der Waals surface area contributed by atoms with E-state index in [1.807, 2.05) is 0 Å². The summed E-state index contributed by atoms with van der Waals surface area (Å²) >= 11 is 0. The molecule has 0 heterocycles. The Hall–Kier alpha value is -1.56. The fraction of sp³-hybridized carbons (Fsp3) is 0.562. The van der Waals surface area contributed by atoms with Gasteiger partial charge in [0.1, 0.15) is 0 Å². The molecular weight excluding hydrogens is 293 g/mol. The molecule has 120 valence electrons. The molecule has 2 atom stereocenters. The van der Waals surface area contributed by atoms with Gasteiger partial charge in [0.05, 0.1) is 0 Å². The molecule has 2 aliphatic carbocycles. The van der Waals surface area contributed by atoms with Gasteiger partial charge in [0.15, 0.2) is 17.5 Å². The molecule has 0 spiro atoms. The second kappa shape index (κ2) is 5.91. The lowest BCUT2D eigenvalue weighted by molar-refractivity contribution is -0.122. The number of halogens is 3. The standard InChI is InChI=1S/C16H19F3N2O/c17-12-6-11(7-13(18)14(12)19)21-16(22)10-4-8-2-1-3-9(5-10)15(8)20/h6-10,15H,1-5,20H2,(H,21,22). The highest BCUT2D eigenvalue weighted by Crippen LogP contribution is 2.42. The first-order chi connectivity index (χ1) is 10.5. The van der Waals surface area contributed by atoms with Crippen molar-refractivity contribution in [3.8, 4) is 0 Å². The van der Waals surface area contributed by atoms with Gasteiger partial charge in [0.2, 0.25) is 5.91 Å². The molecule has 0 saturated heterocycles. The Balaban J connectivity index is 1.70. The molecule has 3 nitrogen and oxygen atoms in total.